The molecular weight excluding hydrogens is 520 g/mol. The normalized spacial score (nSPS) is 16.0. The standard InChI is InChI=1S/C33H30N2O6/c1-3-40-26-11-7-10-25(18-26)31(36)29-30(35(33(38)32(29)37)20-22-14-16-34-17-15-22)24-12-13-27(28(19-24)39-2)41-21-23-8-5-4-6-9-23/h4-19,30,36H,3,20-21H2,1-2H3/b31-29+. The summed E-state index contributed by atoms with van der Waals surface area (Å²) in [6.07, 6.45) is 3.25. The Kier molecular flexibility index (Phi) is 8.29. The monoisotopic (exact) mass is 550 g/mol. The van der Waals surface area contributed by atoms with Crippen LogP contribution in [0.3, 0.4) is 0 Å². The first-order valence-corrected chi connectivity index (χ1v) is 13.2. The molecule has 1 saturated heterocycles. The molecule has 1 fully saturated rings. The lowest BCUT2D eigenvalue weighted by Crippen LogP contribution is -2.29. The highest BCUT2D eigenvalue weighted by Crippen LogP contribution is 2.43. The minimum Gasteiger partial charge on any atom is -0.507 e. The topological polar surface area (TPSA) is 98.2 Å². The van der Waals surface area contributed by atoms with Crippen molar-refractivity contribution in [2.75, 3.05) is 13.7 Å². The lowest BCUT2D eigenvalue weighted by Gasteiger charge is -2.26. The van der Waals surface area contributed by atoms with Gasteiger partial charge in [0.15, 0.2) is 11.5 Å². The first-order chi connectivity index (χ1) is 20.0. The molecule has 2 heterocycles. The highest BCUT2D eigenvalue weighted by Gasteiger charge is 2.46. The van der Waals surface area contributed by atoms with Crippen LogP contribution in [0.1, 0.15) is 35.2 Å². The van der Waals surface area contributed by atoms with E-state index in [1.807, 2.05) is 37.3 Å². The third-order valence-electron chi connectivity index (χ3n) is 6.80. The van der Waals surface area contributed by atoms with E-state index < -0.39 is 17.7 Å². The van der Waals surface area contributed by atoms with E-state index in [0.29, 0.717) is 41.6 Å². The van der Waals surface area contributed by atoms with Gasteiger partial charge in [-0.2, -0.15) is 0 Å². The molecule has 1 atom stereocenters. The molecule has 0 bridgehead atoms. The number of methoxy groups -OCH3 is 1. The van der Waals surface area contributed by atoms with Crippen molar-refractivity contribution >= 4 is 17.4 Å². The molecule has 0 saturated carbocycles. The first kappa shape index (κ1) is 27.5. The van der Waals surface area contributed by atoms with Gasteiger partial charge in [-0.3, -0.25) is 14.6 Å². The van der Waals surface area contributed by atoms with E-state index in [9.17, 15) is 14.7 Å². The zero-order valence-corrected chi connectivity index (χ0v) is 22.8. The van der Waals surface area contributed by atoms with E-state index in [0.717, 1.165) is 11.1 Å². The molecule has 5 rings (SSSR count). The van der Waals surface area contributed by atoms with Crippen LogP contribution >= 0.6 is 0 Å². The maximum absolute atomic E-state index is 13.5. The number of carbonyl (C=O) groups excluding carboxylic acids is 2. The van der Waals surface area contributed by atoms with Gasteiger partial charge in [0.25, 0.3) is 11.7 Å². The van der Waals surface area contributed by atoms with E-state index >= 15 is 0 Å². The van der Waals surface area contributed by atoms with Crippen LogP contribution in [0, 0.1) is 0 Å². The zero-order chi connectivity index (χ0) is 28.8. The van der Waals surface area contributed by atoms with Gasteiger partial charge >= 0.3 is 0 Å². The SMILES string of the molecule is CCOc1cccc(/C(O)=C2\C(=O)C(=O)N(Cc3ccncc3)C2c2ccc(OCc3ccccc3)c(OC)c2)c1. The summed E-state index contributed by atoms with van der Waals surface area (Å²) in [5, 5.41) is 11.5. The molecular formula is C33H30N2O6. The second-order valence-corrected chi connectivity index (χ2v) is 9.43. The second-order valence-electron chi connectivity index (χ2n) is 9.43. The summed E-state index contributed by atoms with van der Waals surface area (Å²) in [6.45, 7) is 2.78. The molecule has 8 heteroatoms. The molecule has 1 aromatic heterocycles. The molecule has 1 amide bonds. The Morgan fingerprint density at radius 2 is 1.66 bits per heavy atom. The Labute approximate surface area is 238 Å². The van der Waals surface area contributed by atoms with Crippen molar-refractivity contribution in [3.8, 4) is 17.2 Å². The summed E-state index contributed by atoms with van der Waals surface area (Å²) in [5.41, 5.74) is 2.73. The van der Waals surface area contributed by atoms with Crippen LogP contribution < -0.4 is 14.2 Å². The van der Waals surface area contributed by atoms with E-state index in [2.05, 4.69) is 4.98 Å². The third kappa shape index (κ3) is 5.91. The van der Waals surface area contributed by atoms with Crippen LogP contribution in [0.2, 0.25) is 0 Å². The number of ketones is 1. The molecule has 1 aliphatic rings. The van der Waals surface area contributed by atoms with E-state index in [-0.39, 0.29) is 17.9 Å². The van der Waals surface area contributed by atoms with E-state index in [1.54, 1.807) is 67.0 Å². The van der Waals surface area contributed by atoms with Crippen molar-refractivity contribution in [3.05, 3.63) is 125 Å². The van der Waals surface area contributed by atoms with Gasteiger partial charge in [-0.1, -0.05) is 48.5 Å². The maximum atomic E-state index is 13.5. The molecule has 4 aromatic rings. The molecule has 1 aliphatic heterocycles. The summed E-state index contributed by atoms with van der Waals surface area (Å²) >= 11 is 0. The number of benzene rings is 3. The molecule has 1 unspecified atom stereocenters. The van der Waals surface area contributed by atoms with Crippen molar-refractivity contribution in [1.82, 2.24) is 9.88 Å². The number of hydrogen-bond acceptors (Lipinski definition) is 7. The Bertz CT molecular complexity index is 1570. The van der Waals surface area contributed by atoms with Crippen LogP contribution in [0.15, 0.2) is 103 Å². The average Bonchev–Trinajstić information content (AvgIpc) is 3.26. The van der Waals surface area contributed by atoms with Crippen molar-refractivity contribution < 1.29 is 28.9 Å². The molecule has 1 N–H and O–H groups in total. The van der Waals surface area contributed by atoms with Gasteiger partial charge < -0.3 is 24.2 Å². The number of likely N-dealkylation sites (tertiary alicyclic amines) is 1. The summed E-state index contributed by atoms with van der Waals surface area (Å²) in [6, 6.07) is 24.5. The second kappa shape index (κ2) is 12.4. The highest BCUT2D eigenvalue weighted by molar-refractivity contribution is 6.46. The van der Waals surface area contributed by atoms with Crippen LogP contribution in [-0.2, 0) is 22.7 Å². The quantitative estimate of drug-likeness (QED) is 0.154. The van der Waals surface area contributed by atoms with Gasteiger partial charge in [-0.25, -0.2) is 0 Å². The molecule has 208 valence electrons. The predicted octanol–water partition coefficient (Wildman–Crippen LogP) is 5.69. The fourth-order valence-corrected chi connectivity index (χ4v) is 4.84. The number of nitrogens with zero attached hydrogens (tertiary/aromatic N) is 2. The number of rotatable bonds is 10. The maximum Gasteiger partial charge on any atom is 0.295 e. The van der Waals surface area contributed by atoms with Crippen molar-refractivity contribution in [1.29, 1.82) is 0 Å². The predicted molar refractivity (Wildman–Crippen MR) is 153 cm³/mol. The van der Waals surface area contributed by atoms with Crippen molar-refractivity contribution in [2.24, 2.45) is 0 Å². The number of Topliss-reactive ketones (excluding diaryl/α,β-unsaturated/α-hetero) is 1. The van der Waals surface area contributed by atoms with Gasteiger partial charge in [-0.15, -0.1) is 0 Å². The Balaban J connectivity index is 1.58. The zero-order valence-electron chi connectivity index (χ0n) is 22.8. The lowest BCUT2D eigenvalue weighted by molar-refractivity contribution is -0.140. The summed E-state index contributed by atoms with van der Waals surface area (Å²) < 4.78 is 17.3. The number of carbonyl (C=O) groups is 2. The van der Waals surface area contributed by atoms with Gasteiger partial charge in [0.2, 0.25) is 0 Å². The van der Waals surface area contributed by atoms with Gasteiger partial charge in [0, 0.05) is 24.5 Å². The number of ether oxygens (including phenoxy) is 3. The molecule has 0 spiro atoms. The fourth-order valence-electron chi connectivity index (χ4n) is 4.84. The summed E-state index contributed by atoms with van der Waals surface area (Å²) in [5.74, 6) is -0.275. The average molecular weight is 551 g/mol. The van der Waals surface area contributed by atoms with E-state index in [4.69, 9.17) is 14.2 Å². The molecule has 0 radical (unpaired) electrons. The largest absolute Gasteiger partial charge is 0.507 e. The minimum atomic E-state index is -0.879. The molecule has 3 aromatic carbocycles. The molecule has 8 nitrogen and oxygen atoms in total. The summed E-state index contributed by atoms with van der Waals surface area (Å²) in [7, 11) is 1.53. The fraction of sp³-hybridized carbons (Fsp3) is 0.182. The number of aromatic nitrogens is 1. The van der Waals surface area contributed by atoms with Crippen molar-refractivity contribution in [2.45, 2.75) is 26.1 Å². The van der Waals surface area contributed by atoms with Gasteiger partial charge in [0.1, 0.15) is 18.1 Å². The first-order valence-electron chi connectivity index (χ1n) is 13.2. The molecule has 0 aliphatic carbocycles. The van der Waals surface area contributed by atoms with Crippen molar-refractivity contribution in [3.63, 3.8) is 0 Å². The number of pyridine rings is 1. The highest BCUT2D eigenvalue weighted by atomic mass is 16.5. The van der Waals surface area contributed by atoms with Gasteiger partial charge in [-0.05, 0) is 60.0 Å². The Morgan fingerprint density at radius 1 is 0.878 bits per heavy atom. The Morgan fingerprint density at radius 3 is 2.39 bits per heavy atom. The van der Waals surface area contributed by atoms with E-state index in [1.165, 1.54) is 12.0 Å². The van der Waals surface area contributed by atoms with Crippen LogP contribution in [0.5, 0.6) is 17.2 Å². The van der Waals surface area contributed by atoms with Crippen LogP contribution in [-0.4, -0.2) is 40.4 Å². The van der Waals surface area contributed by atoms with Crippen LogP contribution in [0.4, 0.5) is 0 Å². The summed E-state index contributed by atoms with van der Waals surface area (Å²) in [4.78, 5) is 32.4. The number of amides is 1. The Hall–Kier alpha value is -5.11. The lowest BCUT2D eigenvalue weighted by atomic mass is 9.94. The number of aliphatic hydroxyl groups is 1. The number of hydrogen-bond donors (Lipinski definition) is 1. The number of aliphatic hydroxyl groups excluding tert-OH is 1. The minimum absolute atomic E-state index is 0.0160. The smallest absolute Gasteiger partial charge is 0.295 e. The molecule has 41 heavy (non-hydrogen) atoms. The van der Waals surface area contributed by atoms with Crippen LogP contribution in [0.25, 0.3) is 5.76 Å². The van der Waals surface area contributed by atoms with Gasteiger partial charge in [0.05, 0.1) is 25.3 Å². The third-order valence-corrected chi connectivity index (χ3v) is 6.80.